The number of rotatable bonds is 3. The molecule has 0 bridgehead atoms. The van der Waals surface area contributed by atoms with Gasteiger partial charge in [-0.15, -0.1) is 0 Å². The van der Waals surface area contributed by atoms with Crippen LogP contribution in [0.4, 0.5) is 8.78 Å². The smallest absolute Gasteiger partial charge is 0.255 e. The molecule has 0 aliphatic carbocycles. The molecule has 0 atom stereocenters. The number of amides is 1. The second kappa shape index (κ2) is 4.19. The van der Waals surface area contributed by atoms with Crippen LogP contribution in [0.3, 0.4) is 0 Å². The highest BCUT2D eigenvalue weighted by molar-refractivity contribution is 5.77. The van der Waals surface area contributed by atoms with E-state index in [-0.39, 0.29) is 11.8 Å². The minimum absolute atomic E-state index is 0.223. The lowest BCUT2D eigenvalue weighted by atomic mass is 10.2. The second-order valence-electron chi connectivity index (χ2n) is 2.29. The van der Waals surface area contributed by atoms with E-state index < -0.39 is 13.0 Å². The summed E-state index contributed by atoms with van der Waals surface area (Å²) in [6.07, 6.45) is -2.46. The van der Waals surface area contributed by atoms with Crippen LogP contribution in [0.25, 0.3) is 0 Å². The highest BCUT2D eigenvalue weighted by atomic mass is 19.3. The molecule has 0 aromatic rings. The summed E-state index contributed by atoms with van der Waals surface area (Å²) >= 11 is 0. The van der Waals surface area contributed by atoms with Crippen molar-refractivity contribution in [3.8, 4) is 0 Å². The predicted molar refractivity (Wildman–Crippen MR) is 33.9 cm³/mol. The molecule has 4 heteroatoms. The van der Waals surface area contributed by atoms with E-state index in [1.165, 1.54) is 0 Å². The van der Waals surface area contributed by atoms with E-state index in [1.807, 2.05) is 0 Å². The number of carbonyl (C=O) groups is 1. The molecular formula is C6H11F2NO. The molecule has 0 saturated carbocycles. The summed E-state index contributed by atoms with van der Waals surface area (Å²) in [6, 6.07) is 0. The van der Waals surface area contributed by atoms with E-state index in [2.05, 4.69) is 5.32 Å². The van der Waals surface area contributed by atoms with E-state index in [0.717, 1.165) is 0 Å². The minimum atomic E-state index is -2.46. The van der Waals surface area contributed by atoms with E-state index in [9.17, 15) is 13.6 Å². The third kappa shape index (κ3) is 4.23. The van der Waals surface area contributed by atoms with Crippen LogP contribution in [0, 0.1) is 5.92 Å². The lowest BCUT2D eigenvalue weighted by Crippen LogP contribution is -2.31. The molecule has 0 heterocycles. The van der Waals surface area contributed by atoms with Gasteiger partial charge in [-0.05, 0) is 0 Å². The second-order valence-corrected chi connectivity index (χ2v) is 2.29. The molecule has 2 nitrogen and oxygen atoms in total. The van der Waals surface area contributed by atoms with Crippen LogP contribution in [-0.2, 0) is 4.79 Å². The standard InChI is InChI=1S/C6H11F2NO/c1-4(2)6(10)9-3-5(7)8/h4-5H,3H2,1-2H3,(H,9,10). The van der Waals surface area contributed by atoms with E-state index in [0.29, 0.717) is 0 Å². The minimum Gasteiger partial charge on any atom is -0.350 e. The predicted octanol–water partition coefficient (Wildman–Crippen LogP) is 1.02. The Morgan fingerprint density at radius 3 is 2.30 bits per heavy atom. The summed E-state index contributed by atoms with van der Waals surface area (Å²) in [5, 5.41) is 2.09. The average molecular weight is 151 g/mol. The Morgan fingerprint density at radius 1 is 1.50 bits per heavy atom. The molecule has 0 rings (SSSR count). The molecule has 0 aliphatic rings. The van der Waals surface area contributed by atoms with E-state index in [1.54, 1.807) is 13.8 Å². The van der Waals surface area contributed by atoms with Gasteiger partial charge in [0.15, 0.2) is 0 Å². The van der Waals surface area contributed by atoms with Gasteiger partial charge in [0.25, 0.3) is 6.43 Å². The van der Waals surface area contributed by atoms with Gasteiger partial charge in [0, 0.05) is 5.92 Å². The molecule has 0 aliphatic heterocycles. The van der Waals surface area contributed by atoms with Gasteiger partial charge >= 0.3 is 0 Å². The van der Waals surface area contributed by atoms with Crippen molar-refractivity contribution in [2.45, 2.75) is 20.3 Å². The molecule has 0 spiro atoms. The number of hydrogen-bond donors (Lipinski definition) is 1. The zero-order chi connectivity index (χ0) is 8.15. The van der Waals surface area contributed by atoms with Crippen LogP contribution in [0.5, 0.6) is 0 Å². The quantitative estimate of drug-likeness (QED) is 0.641. The van der Waals surface area contributed by atoms with Crippen LogP contribution in [0.1, 0.15) is 13.8 Å². The Balaban J connectivity index is 3.40. The Labute approximate surface area is 58.6 Å². The van der Waals surface area contributed by atoms with Gasteiger partial charge < -0.3 is 5.32 Å². The SMILES string of the molecule is CC(C)C(=O)NCC(F)F. The van der Waals surface area contributed by atoms with E-state index >= 15 is 0 Å². The van der Waals surface area contributed by atoms with Crippen molar-refractivity contribution in [1.82, 2.24) is 5.32 Å². The lowest BCUT2D eigenvalue weighted by Gasteiger charge is -2.05. The van der Waals surface area contributed by atoms with Crippen LogP contribution in [0.2, 0.25) is 0 Å². The van der Waals surface area contributed by atoms with Gasteiger partial charge in [-0.2, -0.15) is 0 Å². The maximum absolute atomic E-state index is 11.4. The Kier molecular flexibility index (Phi) is 3.91. The maximum Gasteiger partial charge on any atom is 0.255 e. The molecule has 0 aromatic heterocycles. The normalized spacial score (nSPS) is 10.6. The number of carbonyl (C=O) groups excluding carboxylic acids is 1. The number of halogens is 2. The molecule has 0 radical (unpaired) electrons. The topological polar surface area (TPSA) is 29.1 Å². The maximum atomic E-state index is 11.4. The Hall–Kier alpha value is -0.670. The molecule has 0 aromatic carbocycles. The van der Waals surface area contributed by atoms with Gasteiger partial charge in [-0.3, -0.25) is 4.79 Å². The first-order chi connectivity index (χ1) is 4.54. The Morgan fingerprint density at radius 2 is 2.00 bits per heavy atom. The van der Waals surface area contributed by atoms with Crippen LogP contribution >= 0.6 is 0 Å². The van der Waals surface area contributed by atoms with E-state index in [4.69, 9.17) is 0 Å². The van der Waals surface area contributed by atoms with Gasteiger partial charge in [-0.1, -0.05) is 13.8 Å². The summed E-state index contributed by atoms with van der Waals surface area (Å²) in [4.78, 5) is 10.6. The van der Waals surface area contributed by atoms with Gasteiger partial charge in [0.2, 0.25) is 5.91 Å². The summed E-state index contributed by atoms with van der Waals surface area (Å²) in [5.74, 6) is -0.556. The van der Waals surface area contributed by atoms with Crippen LogP contribution < -0.4 is 5.32 Å². The van der Waals surface area contributed by atoms with Crippen molar-refractivity contribution in [2.75, 3.05) is 6.54 Å². The molecule has 10 heavy (non-hydrogen) atoms. The molecular weight excluding hydrogens is 140 g/mol. The number of alkyl halides is 2. The summed E-state index contributed by atoms with van der Waals surface area (Å²) in [6.45, 7) is 2.76. The molecule has 0 saturated heterocycles. The third-order valence-electron chi connectivity index (χ3n) is 0.955. The van der Waals surface area contributed by atoms with Gasteiger partial charge in [0.1, 0.15) is 0 Å². The highest BCUT2D eigenvalue weighted by Gasteiger charge is 2.08. The van der Waals surface area contributed by atoms with Crippen LogP contribution in [-0.4, -0.2) is 18.9 Å². The average Bonchev–Trinajstić information content (AvgIpc) is 1.82. The summed E-state index contributed by atoms with van der Waals surface area (Å²) < 4.78 is 22.9. The lowest BCUT2D eigenvalue weighted by molar-refractivity contribution is -0.124. The fraction of sp³-hybridized carbons (Fsp3) is 0.833. The number of nitrogens with one attached hydrogen (secondary N) is 1. The number of hydrogen-bond acceptors (Lipinski definition) is 1. The zero-order valence-electron chi connectivity index (χ0n) is 6.03. The van der Waals surface area contributed by atoms with Crippen molar-refractivity contribution < 1.29 is 13.6 Å². The van der Waals surface area contributed by atoms with Crippen molar-refractivity contribution in [2.24, 2.45) is 5.92 Å². The van der Waals surface area contributed by atoms with Crippen molar-refractivity contribution >= 4 is 5.91 Å². The monoisotopic (exact) mass is 151 g/mol. The summed E-state index contributed by atoms with van der Waals surface area (Å²) in [7, 11) is 0. The third-order valence-corrected chi connectivity index (χ3v) is 0.955. The van der Waals surface area contributed by atoms with Crippen molar-refractivity contribution in [3.63, 3.8) is 0 Å². The molecule has 1 amide bonds. The van der Waals surface area contributed by atoms with Crippen molar-refractivity contribution in [1.29, 1.82) is 0 Å². The van der Waals surface area contributed by atoms with Gasteiger partial charge in [-0.25, -0.2) is 8.78 Å². The first-order valence-electron chi connectivity index (χ1n) is 3.10. The fourth-order valence-corrected chi connectivity index (χ4v) is 0.382. The largest absolute Gasteiger partial charge is 0.350 e. The molecule has 60 valence electrons. The zero-order valence-corrected chi connectivity index (χ0v) is 6.03. The first-order valence-corrected chi connectivity index (χ1v) is 3.10. The van der Waals surface area contributed by atoms with Gasteiger partial charge in [0.05, 0.1) is 6.54 Å². The molecule has 0 unspecified atom stereocenters. The molecule has 1 N–H and O–H groups in total. The highest BCUT2D eigenvalue weighted by Crippen LogP contribution is 1.92. The molecule has 0 fully saturated rings. The first kappa shape index (κ1) is 9.33. The summed E-state index contributed by atoms with van der Waals surface area (Å²) in [5.41, 5.74) is 0. The van der Waals surface area contributed by atoms with Crippen LogP contribution in [0.15, 0.2) is 0 Å². The van der Waals surface area contributed by atoms with Crippen molar-refractivity contribution in [3.05, 3.63) is 0 Å². The fourth-order valence-electron chi connectivity index (χ4n) is 0.382. The Bertz CT molecular complexity index is 114.